The molecule has 4 aromatic rings. The molecular formula is C23H24N4O4S. The van der Waals surface area contributed by atoms with Crippen LogP contribution in [0.4, 0.5) is 0 Å². The van der Waals surface area contributed by atoms with E-state index in [1.54, 1.807) is 7.11 Å². The first-order valence-corrected chi connectivity index (χ1v) is 11.1. The molecule has 0 N–H and O–H groups in total. The number of methoxy groups -OCH3 is 1. The van der Waals surface area contributed by atoms with E-state index in [4.69, 9.17) is 18.3 Å². The van der Waals surface area contributed by atoms with Crippen molar-refractivity contribution in [1.82, 2.24) is 20.4 Å². The van der Waals surface area contributed by atoms with Gasteiger partial charge in [0.2, 0.25) is 11.8 Å². The molecule has 2 aromatic heterocycles. The molecular weight excluding hydrogens is 428 g/mol. The summed E-state index contributed by atoms with van der Waals surface area (Å²) in [5.41, 5.74) is 2.23. The molecule has 0 bridgehead atoms. The summed E-state index contributed by atoms with van der Waals surface area (Å²) in [7, 11) is 1.59. The Kier molecular flexibility index (Phi) is 6.45. The number of benzene rings is 2. The third-order valence-corrected chi connectivity index (χ3v) is 5.46. The summed E-state index contributed by atoms with van der Waals surface area (Å²) in [6, 6.07) is 15.5. The van der Waals surface area contributed by atoms with Gasteiger partial charge in [0.15, 0.2) is 18.1 Å². The normalized spacial score (nSPS) is 11.5. The van der Waals surface area contributed by atoms with Crippen LogP contribution in [0.25, 0.3) is 11.5 Å². The minimum absolute atomic E-state index is 0.0936. The number of aromatic nitrogens is 4. The zero-order chi connectivity index (χ0) is 22.6. The van der Waals surface area contributed by atoms with Gasteiger partial charge in [-0.1, -0.05) is 56.8 Å². The summed E-state index contributed by atoms with van der Waals surface area (Å²) in [6.45, 7) is 6.68. The summed E-state index contributed by atoms with van der Waals surface area (Å²) in [4.78, 5) is 0. The van der Waals surface area contributed by atoms with Crippen LogP contribution in [0.5, 0.6) is 11.5 Å². The maximum Gasteiger partial charge on any atom is 0.277 e. The number of rotatable bonds is 8. The van der Waals surface area contributed by atoms with Gasteiger partial charge in [0.05, 0.1) is 12.9 Å². The van der Waals surface area contributed by atoms with Crippen molar-refractivity contribution >= 4 is 11.8 Å². The first kappa shape index (κ1) is 21.9. The minimum Gasteiger partial charge on any atom is -0.493 e. The van der Waals surface area contributed by atoms with Gasteiger partial charge in [-0.05, 0) is 35.2 Å². The third kappa shape index (κ3) is 5.28. The van der Waals surface area contributed by atoms with Crippen LogP contribution >= 0.6 is 11.8 Å². The molecule has 0 spiro atoms. The van der Waals surface area contributed by atoms with Crippen molar-refractivity contribution in [3.63, 3.8) is 0 Å². The van der Waals surface area contributed by atoms with E-state index in [-0.39, 0.29) is 12.0 Å². The lowest BCUT2D eigenvalue weighted by Gasteiger charge is -2.18. The van der Waals surface area contributed by atoms with E-state index in [2.05, 4.69) is 53.3 Å². The van der Waals surface area contributed by atoms with Gasteiger partial charge < -0.3 is 18.3 Å². The van der Waals surface area contributed by atoms with Gasteiger partial charge in [-0.25, -0.2) is 0 Å². The Hall–Kier alpha value is -3.33. The van der Waals surface area contributed by atoms with Gasteiger partial charge in [0.25, 0.3) is 11.1 Å². The highest BCUT2D eigenvalue weighted by Gasteiger charge is 2.16. The topological polar surface area (TPSA) is 96.3 Å². The molecule has 0 aliphatic heterocycles. The summed E-state index contributed by atoms with van der Waals surface area (Å²) >= 11 is 1.32. The Morgan fingerprint density at radius 2 is 1.56 bits per heavy atom. The van der Waals surface area contributed by atoms with E-state index in [0.717, 1.165) is 5.56 Å². The van der Waals surface area contributed by atoms with Gasteiger partial charge >= 0.3 is 0 Å². The molecule has 0 aliphatic carbocycles. The van der Waals surface area contributed by atoms with Crippen LogP contribution in [-0.4, -0.2) is 27.5 Å². The van der Waals surface area contributed by atoms with Crippen molar-refractivity contribution in [2.45, 2.75) is 43.8 Å². The lowest BCUT2D eigenvalue weighted by molar-refractivity contribution is 0.241. The molecule has 4 rings (SSSR count). The predicted molar refractivity (Wildman–Crippen MR) is 120 cm³/mol. The molecule has 2 heterocycles. The van der Waals surface area contributed by atoms with Crippen molar-refractivity contribution in [2.24, 2.45) is 0 Å². The first-order chi connectivity index (χ1) is 15.4. The summed E-state index contributed by atoms with van der Waals surface area (Å²) < 4.78 is 22.4. The molecule has 2 aromatic carbocycles. The Bertz CT molecular complexity index is 1170. The zero-order valence-electron chi connectivity index (χ0n) is 18.4. The monoisotopic (exact) mass is 452 g/mol. The quantitative estimate of drug-likeness (QED) is 0.330. The number of hydrogen-bond donors (Lipinski definition) is 0. The Labute approximate surface area is 190 Å². The van der Waals surface area contributed by atoms with Crippen LogP contribution in [-0.2, 0) is 17.8 Å². The Balaban J connectivity index is 1.32. The van der Waals surface area contributed by atoms with E-state index in [1.807, 2.05) is 36.4 Å². The lowest BCUT2D eigenvalue weighted by Crippen LogP contribution is -2.10. The maximum atomic E-state index is 5.78. The van der Waals surface area contributed by atoms with E-state index in [9.17, 15) is 0 Å². The zero-order valence-corrected chi connectivity index (χ0v) is 19.2. The fourth-order valence-electron chi connectivity index (χ4n) is 2.90. The molecule has 8 nitrogen and oxygen atoms in total. The van der Waals surface area contributed by atoms with Crippen LogP contribution in [0.15, 0.2) is 62.6 Å². The summed E-state index contributed by atoms with van der Waals surface area (Å²) in [6.07, 6.45) is 0. The molecule has 0 saturated heterocycles. The van der Waals surface area contributed by atoms with E-state index in [0.29, 0.717) is 40.1 Å². The maximum absolute atomic E-state index is 5.78. The van der Waals surface area contributed by atoms with Crippen LogP contribution in [0.3, 0.4) is 0 Å². The molecule has 0 amide bonds. The molecule has 0 saturated carbocycles. The van der Waals surface area contributed by atoms with Gasteiger partial charge in [0, 0.05) is 5.56 Å². The van der Waals surface area contributed by atoms with Gasteiger partial charge in [-0.3, -0.25) is 0 Å². The highest BCUT2D eigenvalue weighted by molar-refractivity contribution is 7.98. The molecule has 9 heteroatoms. The fraction of sp³-hybridized carbons (Fsp3) is 0.304. The lowest BCUT2D eigenvalue weighted by atomic mass is 9.87. The second-order valence-electron chi connectivity index (χ2n) is 8.02. The van der Waals surface area contributed by atoms with Crippen LogP contribution in [0, 0.1) is 0 Å². The smallest absolute Gasteiger partial charge is 0.277 e. The molecule has 0 aliphatic rings. The van der Waals surface area contributed by atoms with Gasteiger partial charge in [-0.2, -0.15) is 0 Å². The minimum atomic E-state index is 0.0936. The van der Waals surface area contributed by atoms with E-state index >= 15 is 0 Å². The molecule has 0 atom stereocenters. The average Bonchev–Trinajstić information content (AvgIpc) is 3.45. The van der Waals surface area contributed by atoms with Crippen molar-refractivity contribution in [2.75, 3.05) is 7.11 Å². The highest BCUT2D eigenvalue weighted by atomic mass is 32.2. The molecule has 32 heavy (non-hydrogen) atoms. The molecule has 166 valence electrons. The molecule has 0 radical (unpaired) electrons. The second-order valence-corrected chi connectivity index (χ2v) is 8.94. The molecule has 0 unspecified atom stereocenters. The number of thioether (sulfide) groups is 1. The van der Waals surface area contributed by atoms with Gasteiger partial charge in [-0.15, -0.1) is 20.4 Å². The van der Waals surface area contributed by atoms with Crippen LogP contribution in [0.1, 0.15) is 38.1 Å². The third-order valence-electron chi connectivity index (χ3n) is 4.65. The fourth-order valence-corrected chi connectivity index (χ4v) is 3.51. The average molecular weight is 453 g/mol. The number of para-hydroxylation sites is 2. The van der Waals surface area contributed by atoms with Crippen LogP contribution in [0.2, 0.25) is 0 Å². The van der Waals surface area contributed by atoms with Crippen molar-refractivity contribution in [3.05, 3.63) is 65.9 Å². The highest BCUT2D eigenvalue weighted by Crippen LogP contribution is 2.28. The first-order valence-electron chi connectivity index (χ1n) is 10.1. The molecule has 0 fully saturated rings. The largest absolute Gasteiger partial charge is 0.493 e. The van der Waals surface area contributed by atoms with Crippen molar-refractivity contribution in [3.8, 4) is 23.0 Å². The standard InChI is InChI=1S/C23H24N4O4S/c1-23(2,3)16-11-9-15(10-12-16)21-26-25-20(30-21)14-32-22-27-24-19(31-22)13-29-18-8-6-5-7-17(18)28-4/h5-12H,13-14H2,1-4H3. The summed E-state index contributed by atoms with van der Waals surface area (Å²) in [5, 5.41) is 16.7. The van der Waals surface area contributed by atoms with Crippen LogP contribution < -0.4 is 9.47 Å². The van der Waals surface area contributed by atoms with Crippen molar-refractivity contribution in [1.29, 1.82) is 0 Å². The Morgan fingerprint density at radius 3 is 2.28 bits per heavy atom. The summed E-state index contributed by atoms with van der Waals surface area (Å²) in [5.74, 6) is 3.00. The Morgan fingerprint density at radius 1 is 0.844 bits per heavy atom. The van der Waals surface area contributed by atoms with E-state index < -0.39 is 0 Å². The SMILES string of the molecule is COc1ccccc1OCc1nnc(SCc2nnc(-c3ccc(C(C)(C)C)cc3)o2)o1. The van der Waals surface area contributed by atoms with E-state index in [1.165, 1.54) is 17.3 Å². The van der Waals surface area contributed by atoms with Gasteiger partial charge in [0.1, 0.15) is 0 Å². The predicted octanol–water partition coefficient (Wildman–Crippen LogP) is 5.30. The van der Waals surface area contributed by atoms with Crippen molar-refractivity contribution < 1.29 is 18.3 Å². The number of hydrogen-bond acceptors (Lipinski definition) is 9. The number of nitrogens with zero attached hydrogens (tertiary/aromatic N) is 4. The number of ether oxygens (including phenoxy) is 2. The second kappa shape index (κ2) is 9.44.